The van der Waals surface area contributed by atoms with E-state index >= 15 is 0 Å². The summed E-state index contributed by atoms with van der Waals surface area (Å²) in [5.41, 5.74) is 2.06. The number of hydrogen-bond donors (Lipinski definition) is 4. The van der Waals surface area contributed by atoms with Crippen molar-refractivity contribution in [2.45, 2.75) is 89.9 Å². The van der Waals surface area contributed by atoms with Crippen LogP contribution in [0.15, 0.2) is 60.8 Å². The van der Waals surface area contributed by atoms with E-state index in [1.807, 2.05) is 50.2 Å². The van der Waals surface area contributed by atoms with Crippen LogP contribution in [0.2, 0.25) is 0 Å². The molecule has 3 aromatic rings. The zero-order valence-electron chi connectivity index (χ0n) is 25.9. The fourth-order valence-electron chi connectivity index (χ4n) is 5.52. The Morgan fingerprint density at radius 1 is 0.822 bits per heavy atom. The highest BCUT2D eigenvalue weighted by atomic mass is 16.2. The summed E-state index contributed by atoms with van der Waals surface area (Å²) in [5, 5.41) is 10.9. The minimum Gasteiger partial charge on any atom is -0.354 e. The first kappa shape index (κ1) is 33.2. The van der Waals surface area contributed by atoms with Gasteiger partial charge >= 0.3 is 0 Å². The van der Waals surface area contributed by atoms with Crippen LogP contribution < -0.4 is 21.3 Å². The summed E-state index contributed by atoms with van der Waals surface area (Å²) in [6, 6.07) is 13.9. The minimum absolute atomic E-state index is 0.0633. The van der Waals surface area contributed by atoms with Crippen LogP contribution in [0.3, 0.4) is 0 Å². The van der Waals surface area contributed by atoms with Crippen LogP contribution in [0.4, 0.5) is 0 Å². The average molecular weight is 615 g/mol. The molecule has 0 radical (unpaired) electrons. The molecular weight excluding hydrogens is 572 g/mol. The number of rotatable bonds is 14. The highest BCUT2D eigenvalue weighted by molar-refractivity contribution is 6.38. The normalized spacial score (nSPS) is 14.7. The second-order valence-corrected chi connectivity index (χ2v) is 11.9. The van der Waals surface area contributed by atoms with Gasteiger partial charge in [-0.05, 0) is 50.3 Å². The Kier molecular flexibility index (Phi) is 12.1. The molecule has 238 valence electrons. The highest BCUT2D eigenvalue weighted by Crippen LogP contribution is 2.27. The third-order valence-electron chi connectivity index (χ3n) is 7.86. The first-order valence-corrected chi connectivity index (χ1v) is 15.7. The van der Waals surface area contributed by atoms with Crippen molar-refractivity contribution in [3.63, 3.8) is 0 Å². The zero-order chi connectivity index (χ0) is 32.2. The SMILES string of the molecule is CC(C)NC(=O)CC[C@H](NC(=O)[C@H](CC1CCCCC1)NC(=O)c1cnc2ccccc2n1)C(=O)C(=O)NCc1ccccc1. The maximum atomic E-state index is 13.8. The second-order valence-electron chi connectivity index (χ2n) is 11.9. The van der Waals surface area contributed by atoms with Crippen molar-refractivity contribution in [3.05, 3.63) is 72.1 Å². The topological polar surface area (TPSA) is 159 Å². The van der Waals surface area contributed by atoms with E-state index in [1.165, 1.54) is 6.20 Å². The lowest BCUT2D eigenvalue weighted by atomic mass is 9.84. The molecule has 2 atom stereocenters. The zero-order valence-corrected chi connectivity index (χ0v) is 25.9. The second kappa shape index (κ2) is 16.4. The number of fused-ring (bicyclic) bond motifs is 1. The monoisotopic (exact) mass is 614 g/mol. The van der Waals surface area contributed by atoms with Crippen LogP contribution in [-0.4, -0.2) is 57.5 Å². The van der Waals surface area contributed by atoms with Crippen molar-refractivity contribution < 1.29 is 24.0 Å². The van der Waals surface area contributed by atoms with Crippen LogP contribution >= 0.6 is 0 Å². The van der Waals surface area contributed by atoms with Crippen molar-refractivity contribution in [2.75, 3.05) is 0 Å². The number of hydrogen-bond acceptors (Lipinski definition) is 7. The number of ketones is 1. The quantitative estimate of drug-likeness (QED) is 0.203. The molecule has 1 aliphatic carbocycles. The summed E-state index contributed by atoms with van der Waals surface area (Å²) in [6.45, 7) is 3.77. The maximum absolute atomic E-state index is 13.8. The van der Waals surface area contributed by atoms with E-state index in [-0.39, 0.29) is 42.9 Å². The molecule has 45 heavy (non-hydrogen) atoms. The van der Waals surface area contributed by atoms with Crippen molar-refractivity contribution in [2.24, 2.45) is 5.92 Å². The van der Waals surface area contributed by atoms with Gasteiger partial charge in [0, 0.05) is 19.0 Å². The Balaban J connectivity index is 1.50. The molecule has 0 unspecified atom stereocenters. The van der Waals surface area contributed by atoms with Gasteiger partial charge in [-0.2, -0.15) is 0 Å². The Hall–Kier alpha value is -4.67. The first-order chi connectivity index (χ1) is 21.7. The molecule has 2 aromatic carbocycles. The largest absolute Gasteiger partial charge is 0.354 e. The molecule has 11 heteroatoms. The third kappa shape index (κ3) is 10.2. The summed E-state index contributed by atoms with van der Waals surface area (Å²) in [6.07, 6.45) is 6.63. The van der Waals surface area contributed by atoms with E-state index < -0.39 is 35.6 Å². The van der Waals surface area contributed by atoms with Gasteiger partial charge in [-0.3, -0.25) is 29.0 Å². The molecule has 11 nitrogen and oxygen atoms in total. The fourth-order valence-corrected chi connectivity index (χ4v) is 5.52. The number of benzene rings is 2. The number of carbonyl (C=O) groups is 5. The van der Waals surface area contributed by atoms with Crippen molar-refractivity contribution in [1.29, 1.82) is 0 Å². The molecule has 1 fully saturated rings. The summed E-state index contributed by atoms with van der Waals surface area (Å²) < 4.78 is 0. The van der Waals surface area contributed by atoms with Crippen molar-refractivity contribution >= 4 is 40.4 Å². The van der Waals surface area contributed by atoms with Crippen molar-refractivity contribution in [3.8, 4) is 0 Å². The van der Waals surface area contributed by atoms with E-state index in [4.69, 9.17) is 0 Å². The van der Waals surface area contributed by atoms with E-state index in [0.717, 1.165) is 37.7 Å². The Labute approximate surface area is 263 Å². The highest BCUT2D eigenvalue weighted by Gasteiger charge is 2.32. The van der Waals surface area contributed by atoms with Crippen LogP contribution in [0.5, 0.6) is 0 Å². The van der Waals surface area contributed by atoms with Crippen LogP contribution in [0.1, 0.15) is 81.3 Å². The van der Waals surface area contributed by atoms with Crippen molar-refractivity contribution in [1.82, 2.24) is 31.2 Å². The number of nitrogens with zero attached hydrogens (tertiary/aromatic N) is 2. The Bertz CT molecular complexity index is 1490. The van der Waals surface area contributed by atoms with Gasteiger partial charge in [0.1, 0.15) is 11.7 Å². The number of amides is 4. The van der Waals surface area contributed by atoms with E-state index in [1.54, 1.807) is 18.2 Å². The lowest BCUT2D eigenvalue weighted by Crippen LogP contribution is -2.54. The maximum Gasteiger partial charge on any atom is 0.289 e. The standard InChI is InChI=1S/C34H42N6O5/c1-22(2)37-30(41)18-17-27(31(42)34(45)36-20-24-13-7-4-8-14-24)39-32(43)28(19-23-11-5-3-6-12-23)40-33(44)29-21-35-25-15-9-10-16-26(25)38-29/h4,7-10,13-16,21-23,27-28H,3,5-6,11-12,17-20H2,1-2H3,(H,36,45)(H,37,41)(H,39,43)(H,40,44)/t27-,28-/m0/s1. The predicted molar refractivity (Wildman–Crippen MR) is 170 cm³/mol. The lowest BCUT2D eigenvalue weighted by Gasteiger charge is -2.28. The first-order valence-electron chi connectivity index (χ1n) is 15.7. The van der Waals surface area contributed by atoms with E-state index in [0.29, 0.717) is 17.5 Å². The smallest absolute Gasteiger partial charge is 0.289 e. The molecule has 0 aliphatic heterocycles. The van der Waals surface area contributed by atoms with Gasteiger partial charge in [0.15, 0.2) is 0 Å². The van der Waals surface area contributed by atoms with Gasteiger partial charge in [-0.15, -0.1) is 0 Å². The Morgan fingerprint density at radius 2 is 1.51 bits per heavy atom. The number of carbonyl (C=O) groups excluding carboxylic acids is 5. The number of para-hydroxylation sites is 2. The van der Waals surface area contributed by atoms with Crippen LogP contribution in [-0.2, 0) is 25.7 Å². The lowest BCUT2D eigenvalue weighted by molar-refractivity contribution is -0.140. The molecule has 4 amide bonds. The van der Waals surface area contributed by atoms with E-state index in [9.17, 15) is 24.0 Å². The summed E-state index contributed by atoms with van der Waals surface area (Å²) in [5.74, 6) is -2.99. The predicted octanol–water partition coefficient (Wildman–Crippen LogP) is 3.37. The molecule has 1 saturated carbocycles. The van der Waals surface area contributed by atoms with Gasteiger partial charge in [-0.1, -0.05) is 74.6 Å². The van der Waals surface area contributed by atoms with Gasteiger partial charge in [0.25, 0.3) is 11.8 Å². The molecule has 4 rings (SSSR count). The van der Waals surface area contributed by atoms with Gasteiger partial charge < -0.3 is 21.3 Å². The number of nitrogens with one attached hydrogen (secondary N) is 4. The number of Topliss-reactive ketones (excluding diaryl/α,β-unsaturated/α-hetero) is 1. The van der Waals surface area contributed by atoms with Crippen LogP contribution in [0.25, 0.3) is 11.0 Å². The Morgan fingerprint density at radius 3 is 2.22 bits per heavy atom. The van der Waals surface area contributed by atoms with Crippen LogP contribution in [0, 0.1) is 5.92 Å². The molecular formula is C34H42N6O5. The molecule has 4 N–H and O–H groups in total. The summed E-state index contributed by atoms with van der Waals surface area (Å²) >= 11 is 0. The van der Waals surface area contributed by atoms with Gasteiger partial charge in [0.05, 0.1) is 23.3 Å². The van der Waals surface area contributed by atoms with E-state index in [2.05, 4.69) is 31.2 Å². The number of aromatic nitrogens is 2. The molecule has 0 bridgehead atoms. The molecule has 1 aromatic heterocycles. The molecule has 1 aliphatic rings. The third-order valence-corrected chi connectivity index (χ3v) is 7.86. The molecule has 1 heterocycles. The van der Waals surface area contributed by atoms with Gasteiger partial charge in [-0.25, -0.2) is 4.98 Å². The molecule has 0 spiro atoms. The molecule has 0 saturated heterocycles. The average Bonchev–Trinajstić information content (AvgIpc) is 3.05. The van der Waals surface area contributed by atoms with Gasteiger partial charge in [0.2, 0.25) is 17.6 Å². The minimum atomic E-state index is -1.27. The fraction of sp³-hybridized carbons (Fsp3) is 0.441. The summed E-state index contributed by atoms with van der Waals surface area (Å²) in [7, 11) is 0. The summed E-state index contributed by atoms with van der Waals surface area (Å²) in [4.78, 5) is 74.5.